The molecule has 0 radical (unpaired) electrons. The van der Waals surface area contributed by atoms with E-state index in [0.29, 0.717) is 0 Å². The van der Waals surface area contributed by atoms with Gasteiger partial charge in [0.2, 0.25) is 0 Å². The highest BCUT2D eigenvalue weighted by atomic mass is 16.5. The van der Waals surface area contributed by atoms with Crippen molar-refractivity contribution in [2.75, 3.05) is 12.4 Å². The van der Waals surface area contributed by atoms with E-state index in [2.05, 4.69) is 10.3 Å². The first-order valence-corrected chi connectivity index (χ1v) is 5.71. The van der Waals surface area contributed by atoms with Crippen LogP contribution in [0.15, 0.2) is 36.5 Å². The maximum Gasteiger partial charge on any atom is 0.354 e. The number of rotatable bonds is 4. The smallest absolute Gasteiger partial charge is 0.354 e. The Hall–Kier alpha value is -2.56. The Morgan fingerprint density at radius 3 is 2.63 bits per heavy atom. The molecule has 0 aliphatic heterocycles. The summed E-state index contributed by atoms with van der Waals surface area (Å²) < 4.78 is 5.14. The van der Waals surface area contributed by atoms with Crippen molar-refractivity contribution in [3.05, 3.63) is 47.8 Å². The van der Waals surface area contributed by atoms with Gasteiger partial charge in [0.25, 0.3) is 0 Å². The summed E-state index contributed by atoms with van der Waals surface area (Å²) in [5.74, 6) is -0.241. The summed E-state index contributed by atoms with van der Waals surface area (Å²) in [5, 5.41) is 11.9. The standard InChI is InChI=1S/C14H14N2O3/c1-9-7-11(19-2)4-6-12(9)16-10-3-5-13(14(17)18)15-8-10/h3-8,16H,1-2H3,(H,17,18). The van der Waals surface area contributed by atoms with Crippen LogP contribution in [0.3, 0.4) is 0 Å². The van der Waals surface area contributed by atoms with E-state index in [4.69, 9.17) is 9.84 Å². The molecule has 2 N–H and O–H groups in total. The maximum atomic E-state index is 10.7. The quantitative estimate of drug-likeness (QED) is 0.882. The van der Waals surface area contributed by atoms with Crippen molar-refractivity contribution < 1.29 is 14.6 Å². The molecule has 19 heavy (non-hydrogen) atoms. The molecule has 5 nitrogen and oxygen atoms in total. The van der Waals surface area contributed by atoms with Crippen LogP contribution in [0.1, 0.15) is 16.1 Å². The Bertz CT molecular complexity index is 594. The number of aromatic nitrogens is 1. The third-order valence-corrected chi connectivity index (χ3v) is 2.70. The minimum atomic E-state index is -1.04. The van der Waals surface area contributed by atoms with Gasteiger partial charge in [0.1, 0.15) is 11.4 Å². The molecule has 0 saturated heterocycles. The van der Waals surface area contributed by atoms with Crippen LogP contribution in [0.5, 0.6) is 5.75 Å². The number of methoxy groups -OCH3 is 1. The van der Waals surface area contributed by atoms with Gasteiger partial charge in [-0.1, -0.05) is 0 Å². The number of carbonyl (C=O) groups is 1. The zero-order valence-electron chi connectivity index (χ0n) is 10.7. The molecule has 0 aliphatic rings. The molecule has 2 rings (SSSR count). The lowest BCUT2D eigenvalue weighted by Gasteiger charge is -2.10. The van der Waals surface area contributed by atoms with Crippen molar-refractivity contribution in [2.24, 2.45) is 0 Å². The van der Waals surface area contributed by atoms with E-state index in [0.717, 1.165) is 22.7 Å². The van der Waals surface area contributed by atoms with Gasteiger partial charge < -0.3 is 15.2 Å². The molecule has 0 aliphatic carbocycles. The van der Waals surface area contributed by atoms with Crippen LogP contribution in [0.25, 0.3) is 0 Å². The number of aryl methyl sites for hydroxylation is 1. The highest BCUT2D eigenvalue weighted by Crippen LogP contribution is 2.24. The Kier molecular flexibility index (Phi) is 3.66. The predicted octanol–water partition coefficient (Wildman–Crippen LogP) is 2.84. The number of hydrogen-bond acceptors (Lipinski definition) is 4. The number of carboxylic acids is 1. The molecule has 0 amide bonds. The number of pyridine rings is 1. The minimum absolute atomic E-state index is 0.0250. The first-order valence-electron chi connectivity index (χ1n) is 5.71. The zero-order chi connectivity index (χ0) is 13.8. The third-order valence-electron chi connectivity index (χ3n) is 2.70. The summed E-state index contributed by atoms with van der Waals surface area (Å²) in [7, 11) is 1.62. The molecule has 0 atom stereocenters. The van der Waals surface area contributed by atoms with Crippen LogP contribution < -0.4 is 10.1 Å². The van der Waals surface area contributed by atoms with E-state index in [-0.39, 0.29) is 5.69 Å². The number of ether oxygens (including phenoxy) is 1. The lowest BCUT2D eigenvalue weighted by Crippen LogP contribution is -2.01. The summed E-state index contributed by atoms with van der Waals surface area (Å²) >= 11 is 0. The summed E-state index contributed by atoms with van der Waals surface area (Å²) in [6.45, 7) is 1.96. The summed E-state index contributed by atoms with van der Waals surface area (Å²) in [6, 6.07) is 8.82. The molecule has 2 aromatic rings. The minimum Gasteiger partial charge on any atom is -0.497 e. The van der Waals surface area contributed by atoms with Gasteiger partial charge in [-0.15, -0.1) is 0 Å². The second-order valence-corrected chi connectivity index (χ2v) is 4.04. The Balaban J connectivity index is 2.19. The van der Waals surface area contributed by atoms with Crippen LogP contribution in [0, 0.1) is 6.92 Å². The van der Waals surface area contributed by atoms with Crippen molar-refractivity contribution in [2.45, 2.75) is 6.92 Å². The number of benzene rings is 1. The number of carboxylic acid groups (broad SMARTS) is 1. The number of nitrogens with one attached hydrogen (secondary N) is 1. The van der Waals surface area contributed by atoms with Gasteiger partial charge in [0.15, 0.2) is 0 Å². The largest absolute Gasteiger partial charge is 0.497 e. The average molecular weight is 258 g/mol. The van der Waals surface area contributed by atoms with Crippen molar-refractivity contribution in [1.29, 1.82) is 0 Å². The van der Waals surface area contributed by atoms with Gasteiger partial charge in [-0.25, -0.2) is 9.78 Å². The average Bonchev–Trinajstić information content (AvgIpc) is 2.41. The number of hydrogen-bond donors (Lipinski definition) is 2. The zero-order valence-corrected chi connectivity index (χ0v) is 10.7. The van der Waals surface area contributed by atoms with E-state index in [1.165, 1.54) is 12.3 Å². The number of anilines is 2. The van der Waals surface area contributed by atoms with Crippen molar-refractivity contribution in [1.82, 2.24) is 4.98 Å². The van der Waals surface area contributed by atoms with Gasteiger partial charge in [0.05, 0.1) is 19.0 Å². The number of aromatic carboxylic acids is 1. The molecule has 98 valence electrons. The fourth-order valence-electron chi connectivity index (χ4n) is 1.65. The summed E-state index contributed by atoms with van der Waals surface area (Å²) in [5.41, 5.74) is 2.71. The second kappa shape index (κ2) is 5.39. The van der Waals surface area contributed by atoms with Gasteiger partial charge in [-0.3, -0.25) is 0 Å². The van der Waals surface area contributed by atoms with Gasteiger partial charge in [-0.05, 0) is 42.8 Å². The molecule has 0 fully saturated rings. The molecule has 1 aromatic carbocycles. The fourth-order valence-corrected chi connectivity index (χ4v) is 1.65. The van der Waals surface area contributed by atoms with E-state index >= 15 is 0 Å². The van der Waals surface area contributed by atoms with E-state index in [1.807, 2.05) is 25.1 Å². The van der Waals surface area contributed by atoms with E-state index < -0.39 is 5.97 Å². The van der Waals surface area contributed by atoms with Gasteiger partial charge in [-0.2, -0.15) is 0 Å². The van der Waals surface area contributed by atoms with E-state index in [1.54, 1.807) is 13.2 Å². The molecule has 0 spiro atoms. The monoisotopic (exact) mass is 258 g/mol. The van der Waals surface area contributed by atoms with Gasteiger partial charge in [0, 0.05) is 5.69 Å². The Labute approximate surface area is 110 Å². The second-order valence-electron chi connectivity index (χ2n) is 4.04. The topological polar surface area (TPSA) is 71.5 Å². The molecule has 0 saturated carbocycles. The molecule has 1 heterocycles. The van der Waals surface area contributed by atoms with E-state index in [9.17, 15) is 4.79 Å². The van der Waals surface area contributed by atoms with Crippen LogP contribution in [0.4, 0.5) is 11.4 Å². The van der Waals surface area contributed by atoms with Crippen molar-refractivity contribution in [3.8, 4) is 5.75 Å². The lowest BCUT2D eigenvalue weighted by atomic mass is 10.2. The van der Waals surface area contributed by atoms with Crippen LogP contribution in [-0.2, 0) is 0 Å². The highest BCUT2D eigenvalue weighted by Gasteiger charge is 2.05. The molecule has 5 heteroatoms. The molecular formula is C14H14N2O3. The Morgan fingerprint density at radius 2 is 2.11 bits per heavy atom. The summed E-state index contributed by atoms with van der Waals surface area (Å²) in [6.07, 6.45) is 1.49. The fraction of sp³-hybridized carbons (Fsp3) is 0.143. The Morgan fingerprint density at radius 1 is 1.32 bits per heavy atom. The van der Waals surface area contributed by atoms with Crippen molar-refractivity contribution >= 4 is 17.3 Å². The third kappa shape index (κ3) is 3.01. The van der Waals surface area contributed by atoms with Crippen LogP contribution in [-0.4, -0.2) is 23.2 Å². The van der Waals surface area contributed by atoms with Crippen LogP contribution >= 0.6 is 0 Å². The van der Waals surface area contributed by atoms with Crippen molar-refractivity contribution in [3.63, 3.8) is 0 Å². The predicted molar refractivity (Wildman–Crippen MR) is 72.2 cm³/mol. The molecule has 1 aromatic heterocycles. The lowest BCUT2D eigenvalue weighted by molar-refractivity contribution is 0.0690. The molecule has 0 unspecified atom stereocenters. The molecular weight excluding hydrogens is 244 g/mol. The number of nitrogens with zero attached hydrogens (tertiary/aromatic N) is 1. The van der Waals surface area contributed by atoms with Gasteiger partial charge >= 0.3 is 5.97 Å². The normalized spacial score (nSPS) is 10.0. The SMILES string of the molecule is COc1ccc(Nc2ccc(C(=O)O)nc2)c(C)c1. The first kappa shape index (κ1) is 12.9. The maximum absolute atomic E-state index is 10.7. The molecule has 0 bridgehead atoms. The summed E-state index contributed by atoms with van der Waals surface area (Å²) in [4.78, 5) is 14.5. The first-order chi connectivity index (χ1) is 9.10. The highest BCUT2D eigenvalue weighted by molar-refractivity contribution is 5.85. The van der Waals surface area contributed by atoms with Crippen LogP contribution in [0.2, 0.25) is 0 Å².